The maximum atomic E-state index is 14.7. The third-order valence-corrected chi connectivity index (χ3v) is 5.21. The summed E-state index contributed by atoms with van der Waals surface area (Å²) >= 11 is 0. The minimum absolute atomic E-state index is 0.00780. The van der Waals surface area contributed by atoms with Crippen LogP contribution in [0, 0.1) is 19.7 Å². The highest BCUT2D eigenvalue weighted by Gasteiger charge is 2.43. The molecule has 0 spiro atoms. The van der Waals surface area contributed by atoms with E-state index in [1.807, 2.05) is 20.9 Å². The first-order valence-electron chi connectivity index (χ1n) is 8.03. The molecule has 0 aromatic heterocycles. The molecule has 0 heterocycles. The maximum Gasteiger partial charge on any atom is 0.128 e. The average Bonchev–Trinajstić information content (AvgIpc) is 2.43. The van der Waals surface area contributed by atoms with Gasteiger partial charge in [-0.3, -0.25) is 0 Å². The van der Waals surface area contributed by atoms with Crippen LogP contribution in [0.4, 0.5) is 4.39 Å². The lowest BCUT2D eigenvalue weighted by Crippen LogP contribution is -2.54. The molecule has 118 valence electrons. The number of nitrogens with one attached hydrogen (secondary N) is 1. The van der Waals surface area contributed by atoms with Gasteiger partial charge in [-0.15, -0.1) is 0 Å². The third kappa shape index (κ3) is 3.00. The molecule has 2 rings (SSSR count). The smallest absolute Gasteiger partial charge is 0.128 e. The SMILES string of the molecule is CNC(c1c(C)cc(C)cc1F)C1(N(C)C)CCCCC1. The van der Waals surface area contributed by atoms with Crippen LogP contribution >= 0.6 is 0 Å². The number of hydrogen-bond donors (Lipinski definition) is 1. The van der Waals surface area contributed by atoms with Crippen molar-refractivity contribution in [2.24, 2.45) is 0 Å². The van der Waals surface area contributed by atoms with E-state index >= 15 is 0 Å². The van der Waals surface area contributed by atoms with Crippen molar-refractivity contribution < 1.29 is 4.39 Å². The monoisotopic (exact) mass is 292 g/mol. The highest BCUT2D eigenvalue weighted by Crippen LogP contribution is 2.43. The van der Waals surface area contributed by atoms with Crippen molar-refractivity contribution in [2.45, 2.75) is 57.5 Å². The number of benzene rings is 1. The molecule has 1 aromatic rings. The van der Waals surface area contributed by atoms with Gasteiger partial charge in [-0.2, -0.15) is 0 Å². The third-order valence-electron chi connectivity index (χ3n) is 5.21. The number of rotatable bonds is 4. The van der Waals surface area contributed by atoms with Gasteiger partial charge in [0, 0.05) is 11.1 Å². The molecule has 1 N–H and O–H groups in total. The molecule has 0 radical (unpaired) electrons. The van der Waals surface area contributed by atoms with Gasteiger partial charge in [0.05, 0.1) is 6.04 Å². The highest BCUT2D eigenvalue weighted by molar-refractivity contribution is 5.36. The summed E-state index contributed by atoms with van der Waals surface area (Å²) < 4.78 is 14.7. The van der Waals surface area contributed by atoms with Crippen LogP contribution in [-0.2, 0) is 0 Å². The van der Waals surface area contributed by atoms with Gasteiger partial charge in [0.25, 0.3) is 0 Å². The van der Waals surface area contributed by atoms with Gasteiger partial charge in [0.1, 0.15) is 5.82 Å². The second-order valence-corrected chi connectivity index (χ2v) is 6.76. The molecule has 2 nitrogen and oxygen atoms in total. The first-order valence-corrected chi connectivity index (χ1v) is 8.03. The Morgan fingerprint density at radius 2 is 1.76 bits per heavy atom. The van der Waals surface area contributed by atoms with E-state index < -0.39 is 0 Å². The first kappa shape index (κ1) is 16.4. The fourth-order valence-electron chi connectivity index (χ4n) is 4.13. The predicted molar refractivity (Wildman–Crippen MR) is 87.2 cm³/mol. The largest absolute Gasteiger partial charge is 0.311 e. The maximum absolute atomic E-state index is 14.7. The molecule has 1 saturated carbocycles. The van der Waals surface area contributed by atoms with E-state index in [0.29, 0.717) is 0 Å². The number of likely N-dealkylation sites (N-methyl/N-ethyl adjacent to an activating group) is 2. The normalized spacial score (nSPS) is 19.8. The van der Waals surface area contributed by atoms with E-state index in [-0.39, 0.29) is 17.4 Å². The molecule has 1 aromatic carbocycles. The van der Waals surface area contributed by atoms with Crippen molar-refractivity contribution in [3.8, 4) is 0 Å². The molecule has 0 saturated heterocycles. The Labute approximate surface area is 128 Å². The van der Waals surface area contributed by atoms with Crippen LogP contribution in [-0.4, -0.2) is 31.6 Å². The summed E-state index contributed by atoms with van der Waals surface area (Å²) in [6.07, 6.45) is 5.99. The Balaban J connectivity index is 2.51. The summed E-state index contributed by atoms with van der Waals surface area (Å²) in [6, 6.07) is 3.79. The second-order valence-electron chi connectivity index (χ2n) is 6.76. The Kier molecular flexibility index (Phi) is 5.05. The highest BCUT2D eigenvalue weighted by atomic mass is 19.1. The Morgan fingerprint density at radius 1 is 1.14 bits per heavy atom. The van der Waals surface area contributed by atoms with Gasteiger partial charge in [-0.1, -0.05) is 25.3 Å². The van der Waals surface area contributed by atoms with Gasteiger partial charge < -0.3 is 10.2 Å². The molecule has 0 amide bonds. The zero-order chi connectivity index (χ0) is 15.6. The minimum atomic E-state index is -0.0707. The summed E-state index contributed by atoms with van der Waals surface area (Å²) in [5, 5.41) is 3.43. The zero-order valence-corrected chi connectivity index (χ0v) is 14.1. The van der Waals surface area contributed by atoms with Gasteiger partial charge in [-0.25, -0.2) is 4.39 Å². The Morgan fingerprint density at radius 3 is 2.24 bits per heavy atom. The van der Waals surface area contributed by atoms with Crippen LogP contribution in [0.15, 0.2) is 12.1 Å². The van der Waals surface area contributed by atoms with E-state index in [0.717, 1.165) is 29.5 Å². The zero-order valence-electron chi connectivity index (χ0n) is 14.1. The quantitative estimate of drug-likeness (QED) is 0.903. The van der Waals surface area contributed by atoms with Crippen LogP contribution in [0.1, 0.15) is 54.8 Å². The first-order chi connectivity index (χ1) is 9.92. The molecule has 1 aliphatic carbocycles. The topological polar surface area (TPSA) is 15.3 Å². The van der Waals surface area contributed by atoms with Crippen molar-refractivity contribution in [3.63, 3.8) is 0 Å². The Bertz CT molecular complexity index is 467. The molecule has 1 atom stereocenters. The number of halogens is 1. The number of aryl methyl sites for hydroxylation is 2. The molecule has 1 aliphatic rings. The molecule has 1 fully saturated rings. The fourth-order valence-corrected chi connectivity index (χ4v) is 4.13. The van der Waals surface area contributed by atoms with Crippen molar-refractivity contribution in [3.05, 3.63) is 34.6 Å². The van der Waals surface area contributed by atoms with Gasteiger partial charge >= 0.3 is 0 Å². The minimum Gasteiger partial charge on any atom is -0.311 e. The number of hydrogen-bond acceptors (Lipinski definition) is 2. The van der Waals surface area contributed by atoms with E-state index in [1.54, 1.807) is 6.07 Å². The predicted octanol–water partition coefficient (Wildman–Crippen LogP) is 3.97. The van der Waals surface area contributed by atoms with Crippen LogP contribution in [0.25, 0.3) is 0 Å². The van der Waals surface area contributed by atoms with Gasteiger partial charge in [0.15, 0.2) is 0 Å². The lowest BCUT2D eigenvalue weighted by atomic mass is 9.72. The molecular weight excluding hydrogens is 263 g/mol. The van der Waals surface area contributed by atoms with Crippen molar-refractivity contribution >= 4 is 0 Å². The standard InChI is InChI=1S/C18H29FN2/c1-13-11-14(2)16(15(19)12-13)17(20-3)18(21(4)5)9-7-6-8-10-18/h11-12,17,20H,6-10H2,1-5H3. The van der Waals surface area contributed by atoms with E-state index in [4.69, 9.17) is 0 Å². The van der Waals surface area contributed by atoms with Gasteiger partial charge in [-0.05, 0) is 65.0 Å². The fraction of sp³-hybridized carbons (Fsp3) is 0.667. The molecule has 3 heteroatoms. The lowest BCUT2D eigenvalue weighted by molar-refractivity contribution is 0.0578. The molecule has 1 unspecified atom stereocenters. The average molecular weight is 292 g/mol. The summed E-state index contributed by atoms with van der Waals surface area (Å²) in [6.45, 7) is 3.98. The summed E-state index contributed by atoms with van der Waals surface area (Å²) in [4.78, 5) is 2.31. The van der Waals surface area contributed by atoms with Crippen molar-refractivity contribution in [1.82, 2.24) is 10.2 Å². The summed E-state index contributed by atoms with van der Waals surface area (Å²) in [5.74, 6) is -0.0707. The van der Waals surface area contributed by atoms with E-state index in [2.05, 4.69) is 30.4 Å². The molecule has 0 aliphatic heterocycles. The second kappa shape index (κ2) is 6.45. The van der Waals surface area contributed by atoms with Crippen LogP contribution in [0.5, 0.6) is 0 Å². The molecular formula is C18H29FN2. The van der Waals surface area contributed by atoms with Crippen molar-refractivity contribution in [1.29, 1.82) is 0 Å². The number of nitrogens with zero attached hydrogens (tertiary/aromatic N) is 1. The summed E-state index contributed by atoms with van der Waals surface area (Å²) in [7, 11) is 6.23. The summed E-state index contributed by atoms with van der Waals surface area (Å²) in [5.41, 5.74) is 2.90. The van der Waals surface area contributed by atoms with E-state index in [9.17, 15) is 4.39 Å². The molecule has 0 bridgehead atoms. The van der Waals surface area contributed by atoms with Crippen LogP contribution in [0.3, 0.4) is 0 Å². The molecule has 21 heavy (non-hydrogen) atoms. The van der Waals surface area contributed by atoms with E-state index in [1.165, 1.54) is 19.3 Å². The lowest BCUT2D eigenvalue weighted by Gasteiger charge is -2.49. The van der Waals surface area contributed by atoms with Crippen LogP contribution in [0.2, 0.25) is 0 Å². The Hall–Kier alpha value is -0.930. The van der Waals surface area contributed by atoms with Crippen LogP contribution < -0.4 is 5.32 Å². The van der Waals surface area contributed by atoms with Crippen molar-refractivity contribution in [2.75, 3.05) is 21.1 Å². The van der Waals surface area contributed by atoms with Gasteiger partial charge in [0.2, 0.25) is 0 Å².